The molecular weight excluding hydrogens is 376 g/mol. The second-order valence-corrected chi connectivity index (χ2v) is 8.85. The van der Waals surface area contributed by atoms with E-state index in [0.717, 1.165) is 17.8 Å². The van der Waals surface area contributed by atoms with Gasteiger partial charge in [0, 0.05) is 18.0 Å². The molecule has 0 radical (unpaired) electrons. The number of rotatable bonds is 6. The minimum absolute atomic E-state index is 0.396. The van der Waals surface area contributed by atoms with Gasteiger partial charge in [-0.2, -0.15) is 0 Å². The van der Waals surface area contributed by atoms with E-state index < -0.39 is 0 Å². The number of hydrogen-bond acceptors (Lipinski definition) is 1. The normalized spacial score (nSPS) is 11.5. The molecule has 0 atom stereocenters. The lowest BCUT2D eigenvalue weighted by Gasteiger charge is -2.24. The lowest BCUT2D eigenvalue weighted by atomic mass is 9.87. The van der Waals surface area contributed by atoms with E-state index in [0.29, 0.717) is 11.8 Å². The summed E-state index contributed by atoms with van der Waals surface area (Å²) in [6, 6.07) is 24.2. The Labute approximate surface area is 186 Å². The Morgan fingerprint density at radius 2 is 1.39 bits per heavy atom. The zero-order chi connectivity index (χ0) is 22.0. The van der Waals surface area contributed by atoms with E-state index in [9.17, 15) is 0 Å². The molecule has 0 N–H and O–H groups in total. The van der Waals surface area contributed by atoms with Gasteiger partial charge in [0.25, 0.3) is 0 Å². The fraction of sp³-hybridized carbons (Fsp3) is 0.276. The van der Waals surface area contributed by atoms with Crippen molar-refractivity contribution in [1.29, 1.82) is 0 Å². The topological polar surface area (TPSA) is 17.8 Å². The van der Waals surface area contributed by atoms with Crippen molar-refractivity contribution in [3.63, 3.8) is 0 Å². The molecule has 0 amide bonds. The average Bonchev–Trinajstić information content (AvgIpc) is 3.28. The Balaban J connectivity index is 1.97. The molecule has 0 aliphatic heterocycles. The lowest BCUT2D eigenvalue weighted by Crippen LogP contribution is -2.08. The molecule has 4 rings (SSSR count). The summed E-state index contributed by atoms with van der Waals surface area (Å²) >= 11 is 0. The van der Waals surface area contributed by atoms with Crippen molar-refractivity contribution in [2.24, 2.45) is 0 Å². The van der Waals surface area contributed by atoms with Crippen molar-refractivity contribution < 1.29 is 0 Å². The summed E-state index contributed by atoms with van der Waals surface area (Å²) < 4.78 is 2.28. The Hall–Kier alpha value is -3.13. The smallest absolute Gasteiger partial charge is 0.144 e. The quantitative estimate of drug-likeness (QED) is 0.316. The van der Waals surface area contributed by atoms with Gasteiger partial charge in [-0.15, -0.1) is 0 Å². The molecule has 0 saturated carbocycles. The van der Waals surface area contributed by atoms with Crippen LogP contribution in [-0.4, -0.2) is 9.55 Å². The van der Waals surface area contributed by atoms with Gasteiger partial charge in [0.2, 0.25) is 0 Å². The Morgan fingerprint density at radius 1 is 0.742 bits per heavy atom. The van der Waals surface area contributed by atoms with Crippen LogP contribution in [0.25, 0.3) is 28.2 Å². The first-order chi connectivity index (χ1) is 15.0. The zero-order valence-electron chi connectivity index (χ0n) is 19.3. The maximum atomic E-state index is 4.73. The second kappa shape index (κ2) is 8.93. The summed E-state index contributed by atoms with van der Waals surface area (Å²) in [5.41, 5.74) is 9.10. The first kappa shape index (κ1) is 21.1. The van der Waals surface area contributed by atoms with Gasteiger partial charge >= 0.3 is 0 Å². The lowest BCUT2D eigenvalue weighted by molar-refractivity contribution is 0.807. The van der Waals surface area contributed by atoms with Crippen LogP contribution in [0, 0.1) is 0 Å². The molecule has 0 saturated heterocycles. The molecule has 31 heavy (non-hydrogen) atoms. The summed E-state index contributed by atoms with van der Waals surface area (Å²) in [7, 11) is 0. The van der Waals surface area contributed by atoms with Crippen LogP contribution in [0.1, 0.15) is 63.1 Å². The van der Waals surface area contributed by atoms with Crippen molar-refractivity contribution >= 4 is 0 Å². The zero-order valence-corrected chi connectivity index (χ0v) is 19.3. The van der Waals surface area contributed by atoms with E-state index >= 15 is 0 Å². The number of aryl methyl sites for hydroxylation is 1. The summed E-state index contributed by atoms with van der Waals surface area (Å²) in [5.74, 6) is 1.78. The third kappa shape index (κ3) is 4.20. The largest absolute Gasteiger partial charge is 0.299 e. The predicted octanol–water partition coefficient (Wildman–Crippen LogP) is 8.02. The van der Waals surface area contributed by atoms with Gasteiger partial charge in [0.1, 0.15) is 5.82 Å². The average molecular weight is 409 g/mol. The molecule has 0 aliphatic rings. The monoisotopic (exact) mass is 408 g/mol. The van der Waals surface area contributed by atoms with Crippen LogP contribution in [0.4, 0.5) is 0 Å². The van der Waals surface area contributed by atoms with Crippen LogP contribution < -0.4 is 0 Å². The van der Waals surface area contributed by atoms with Crippen LogP contribution in [-0.2, 0) is 6.42 Å². The highest BCUT2D eigenvalue weighted by Crippen LogP contribution is 2.37. The number of hydrogen-bond donors (Lipinski definition) is 0. The van der Waals surface area contributed by atoms with E-state index in [2.05, 4.69) is 112 Å². The van der Waals surface area contributed by atoms with Crippen LogP contribution in [0.15, 0.2) is 79.1 Å². The fourth-order valence-corrected chi connectivity index (χ4v) is 4.26. The van der Waals surface area contributed by atoms with Crippen molar-refractivity contribution in [1.82, 2.24) is 9.55 Å². The Kier molecular flexibility index (Phi) is 6.08. The first-order valence-electron chi connectivity index (χ1n) is 11.4. The third-order valence-corrected chi connectivity index (χ3v) is 6.00. The maximum Gasteiger partial charge on any atom is 0.144 e. The van der Waals surface area contributed by atoms with Gasteiger partial charge in [0.15, 0.2) is 0 Å². The van der Waals surface area contributed by atoms with E-state index in [-0.39, 0.29) is 0 Å². The molecule has 0 aliphatic carbocycles. The third-order valence-electron chi connectivity index (χ3n) is 6.00. The van der Waals surface area contributed by atoms with Crippen LogP contribution >= 0.6 is 0 Å². The van der Waals surface area contributed by atoms with Crippen molar-refractivity contribution in [2.45, 2.75) is 52.9 Å². The van der Waals surface area contributed by atoms with Gasteiger partial charge in [-0.25, -0.2) is 4.98 Å². The Morgan fingerprint density at radius 3 is 2.00 bits per heavy atom. The summed E-state index contributed by atoms with van der Waals surface area (Å²) in [4.78, 5) is 4.73. The van der Waals surface area contributed by atoms with Gasteiger partial charge in [-0.1, -0.05) is 89.2 Å². The number of nitrogens with zero attached hydrogens (tertiary/aromatic N) is 2. The molecule has 0 spiro atoms. The molecule has 0 fully saturated rings. The number of benzene rings is 3. The molecule has 0 unspecified atom stereocenters. The Bertz CT molecular complexity index is 1140. The molecule has 3 aromatic carbocycles. The number of imidazole rings is 1. The molecule has 158 valence electrons. The molecule has 0 bridgehead atoms. The molecule has 2 heteroatoms. The standard InChI is InChI=1S/C29H32N2/c1-6-22-11-10-14-24(17-22)25-18-26(20(2)3)28(27(19-25)21(4)5)31-16-15-30-29(31)23-12-8-7-9-13-23/h7-21H,6H2,1-5H3. The summed E-state index contributed by atoms with van der Waals surface area (Å²) in [6.07, 6.45) is 5.07. The van der Waals surface area contributed by atoms with Crippen LogP contribution in [0.2, 0.25) is 0 Å². The summed E-state index contributed by atoms with van der Waals surface area (Å²) in [6.45, 7) is 11.4. The molecule has 1 heterocycles. The van der Waals surface area contributed by atoms with Gasteiger partial charge in [-0.3, -0.25) is 4.57 Å². The molecule has 4 aromatic rings. The highest BCUT2D eigenvalue weighted by Gasteiger charge is 2.20. The maximum absolute atomic E-state index is 4.73. The van der Waals surface area contributed by atoms with E-state index in [1.54, 1.807) is 0 Å². The van der Waals surface area contributed by atoms with E-state index in [4.69, 9.17) is 4.98 Å². The van der Waals surface area contributed by atoms with Crippen molar-refractivity contribution in [2.75, 3.05) is 0 Å². The molecular formula is C29H32N2. The van der Waals surface area contributed by atoms with Crippen LogP contribution in [0.3, 0.4) is 0 Å². The van der Waals surface area contributed by atoms with Crippen molar-refractivity contribution in [3.8, 4) is 28.2 Å². The minimum atomic E-state index is 0.396. The minimum Gasteiger partial charge on any atom is -0.299 e. The summed E-state index contributed by atoms with van der Waals surface area (Å²) in [5, 5.41) is 0. The SMILES string of the molecule is CCc1cccc(-c2cc(C(C)C)c(-n3ccnc3-c3ccccc3)c(C(C)C)c2)c1. The van der Waals surface area contributed by atoms with Crippen LogP contribution in [0.5, 0.6) is 0 Å². The molecule has 1 aromatic heterocycles. The fourth-order valence-electron chi connectivity index (χ4n) is 4.26. The van der Waals surface area contributed by atoms with Gasteiger partial charge in [0.05, 0.1) is 5.69 Å². The predicted molar refractivity (Wildman–Crippen MR) is 132 cm³/mol. The number of aromatic nitrogens is 2. The highest BCUT2D eigenvalue weighted by molar-refractivity contribution is 5.72. The van der Waals surface area contributed by atoms with Gasteiger partial charge in [-0.05, 0) is 58.2 Å². The van der Waals surface area contributed by atoms with E-state index in [1.165, 1.54) is 33.5 Å². The van der Waals surface area contributed by atoms with Crippen molar-refractivity contribution in [3.05, 3.63) is 95.8 Å². The first-order valence-corrected chi connectivity index (χ1v) is 11.4. The molecule has 2 nitrogen and oxygen atoms in total. The van der Waals surface area contributed by atoms with Gasteiger partial charge < -0.3 is 0 Å². The highest BCUT2D eigenvalue weighted by atomic mass is 15.1. The second-order valence-electron chi connectivity index (χ2n) is 8.85. The van der Waals surface area contributed by atoms with E-state index in [1.807, 2.05) is 6.20 Å².